The fourth-order valence-electron chi connectivity index (χ4n) is 3.94. The van der Waals surface area contributed by atoms with Crippen LogP contribution < -0.4 is 5.32 Å². The van der Waals surface area contributed by atoms with Crippen LogP contribution in [0, 0.1) is 5.92 Å². The zero-order valence-corrected chi connectivity index (χ0v) is 17.7. The molecule has 156 valence electrons. The molecule has 0 bridgehead atoms. The highest BCUT2D eigenvalue weighted by Gasteiger charge is 2.23. The Hall–Kier alpha value is -2.80. The number of aromatic nitrogens is 2. The smallest absolute Gasteiger partial charge is 0.261 e. The number of nitrogens with zero attached hydrogens (tertiary/aromatic N) is 3. The van der Waals surface area contributed by atoms with Gasteiger partial charge in [0.25, 0.3) is 11.8 Å². The summed E-state index contributed by atoms with van der Waals surface area (Å²) < 4.78 is 1.04. The molecule has 4 heterocycles. The largest absolute Gasteiger partial charge is 0.351 e. The Balaban J connectivity index is 1.13. The van der Waals surface area contributed by atoms with Crippen molar-refractivity contribution in [3.63, 3.8) is 0 Å². The van der Waals surface area contributed by atoms with Gasteiger partial charge in [0.2, 0.25) is 0 Å². The number of piperidine rings is 1. The second kappa shape index (κ2) is 9.80. The van der Waals surface area contributed by atoms with Crippen LogP contribution >= 0.6 is 11.3 Å². The van der Waals surface area contributed by atoms with Crippen LogP contribution in [0.5, 0.6) is 0 Å². The summed E-state index contributed by atoms with van der Waals surface area (Å²) >= 11 is 1.48. The number of likely N-dealkylation sites (tertiary alicyclic amines) is 1. The molecule has 2 amide bonds. The molecule has 0 atom stereocenters. The highest BCUT2D eigenvalue weighted by molar-refractivity contribution is 7.20. The SMILES string of the molecule is O=C(NCCCCC1CCN(C(=O)c2cccnc2)CC1)c1cc2ccncc2s1. The molecule has 7 heteroatoms. The molecule has 1 fully saturated rings. The van der Waals surface area contributed by atoms with Crippen molar-refractivity contribution < 1.29 is 9.59 Å². The van der Waals surface area contributed by atoms with Gasteiger partial charge in [0.15, 0.2) is 0 Å². The number of fused-ring (bicyclic) bond motifs is 1. The molecule has 0 unspecified atom stereocenters. The van der Waals surface area contributed by atoms with E-state index < -0.39 is 0 Å². The molecule has 1 aliphatic heterocycles. The summed E-state index contributed by atoms with van der Waals surface area (Å²) in [5.74, 6) is 0.744. The van der Waals surface area contributed by atoms with E-state index in [2.05, 4.69) is 15.3 Å². The number of pyridine rings is 2. The van der Waals surface area contributed by atoms with Crippen molar-refractivity contribution in [1.82, 2.24) is 20.2 Å². The maximum atomic E-state index is 12.5. The van der Waals surface area contributed by atoms with Crippen LogP contribution in [-0.4, -0.2) is 46.3 Å². The maximum absolute atomic E-state index is 12.5. The number of hydrogen-bond acceptors (Lipinski definition) is 5. The van der Waals surface area contributed by atoms with E-state index >= 15 is 0 Å². The second-order valence-electron chi connectivity index (χ2n) is 7.75. The fourth-order valence-corrected chi connectivity index (χ4v) is 4.89. The molecule has 4 rings (SSSR count). The van der Waals surface area contributed by atoms with Gasteiger partial charge in [-0.1, -0.05) is 12.8 Å². The molecule has 1 N–H and O–H groups in total. The van der Waals surface area contributed by atoms with Crippen molar-refractivity contribution in [2.24, 2.45) is 5.92 Å². The summed E-state index contributed by atoms with van der Waals surface area (Å²) in [5.41, 5.74) is 0.668. The van der Waals surface area contributed by atoms with Crippen molar-refractivity contribution in [3.05, 3.63) is 59.5 Å². The number of rotatable bonds is 7. The van der Waals surface area contributed by atoms with E-state index in [1.807, 2.05) is 23.1 Å². The van der Waals surface area contributed by atoms with Crippen molar-refractivity contribution in [2.45, 2.75) is 32.1 Å². The zero-order valence-electron chi connectivity index (χ0n) is 16.9. The van der Waals surface area contributed by atoms with Gasteiger partial charge in [-0.3, -0.25) is 19.6 Å². The molecule has 0 saturated carbocycles. The van der Waals surface area contributed by atoms with Crippen LogP contribution in [0.4, 0.5) is 0 Å². The molecule has 1 saturated heterocycles. The number of amides is 2. The molecule has 30 heavy (non-hydrogen) atoms. The summed E-state index contributed by atoms with van der Waals surface area (Å²) in [4.78, 5) is 35.6. The first kappa shape index (κ1) is 20.5. The lowest BCUT2D eigenvalue weighted by molar-refractivity contribution is 0.0685. The predicted molar refractivity (Wildman–Crippen MR) is 119 cm³/mol. The predicted octanol–water partition coefficient (Wildman–Crippen LogP) is 4.14. The average molecular weight is 423 g/mol. The van der Waals surface area contributed by atoms with E-state index in [1.165, 1.54) is 11.3 Å². The number of nitrogens with one attached hydrogen (secondary N) is 1. The van der Waals surface area contributed by atoms with Gasteiger partial charge >= 0.3 is 0 Å². The van der Waals surface area contributed by atoms with Gasteiger partial charge in [-0.05, 0) is 54.8 Å². The van der Waals surface area contributed by atoms with Crippen LogP contribution in [0.2, 0.25) is 0 Å². The molecule has 1 aliphatic rings. The summed E-state index contributed by atoms with van der Waals surface area (Å²) in [6.45, 7) is 2.33. The van der Waals surface area contributed by atoms with Crippen molar-refractivity contribution in [2.75, 3.05) is 19.6 Å². The number of thiophene rings is 1. The van der Waals surface area contributed by atoms with Crippen molar-refractivity contribution in [1.29, 1.82) is 0 Å². The Morgan fingerprint density at radius 2 is 1.93 bits per heavy atom. The van der Waals surface area contributed by atoms with Crippen molar-refractivity contribution >= 4 is 33.2 Å². The molecule has 0 aromatic carbocycles. The van der Waals surface area contributed by atoms with Crippen LogP contribution in [0.15, 0.2) is 49.1 Å². The third kappa shape index (κ3) is 5.02. The normalized spacial score (nSPS) is 14.7. The van der Waals surface area contributed by atoms with Gasteiger partial charge in [0.1, 0.15) is 0 Å². The Labute approximate surface area is 180 Å². The average Bonchev–Trinajstić information content (AvgIpc) is 3.24. The van der Waals surface area contributed by atoms with Gasteiger partial charge < -0.3 is 10.2 Å². The highest BCUT2D eigenvalue weighted by Crippen LogP contribution is 2.25. The molecular weight excluding hydrogens is 396 g/mol. The van der Waals surface area contributed by atoms with Gasteiger partial charge in [0, 0.05) is 44.4 Å². The summed E-state index contributed by atoms with van der Waals surface area (Å²) in [5, 5.41) is 4.09. The molecule has 3 aromatic heterocycles. The summed E-state index contributed by atoms with van der Waals surface area (Å²) in [6.07, 6.45) is 12.2. The molecule has 3 aromatic rings. The van der Waals surface area contributed by atoms with Gasteiger partial charge in [-0.2, -0.15) is 0 Å². The first-order chi connectivity index (χ1) is 14.7. The quantitative estimate of drug-likeness (QED) is 0.581. The lowest BCUT2D eigenvalue weighted by atomic mass is 9.91. The van der Waals surface area contributed by atoms with Crippen LogP contribution in [-0.2, 0) is 0 Å². The van der Waals surface area contributed by atoms with Crippen LogP contribution in [0.1, 0.15) is 52.1 Å². The molecule has 6 nitrogen and oxygen atoms in total. The van der Waals surface area contributed by atoms with Gasteiger partial charge in [-0.15, -0.1) is 11.3 Å². The van der Waals surface area contributed by atoms with Gasteiger partial charge in [0.05, 0.1) is 15.1 Å². The topological polar surface area (TPSA) is 75.2 Å². The Kier molecular flexibility index (Phi) is 6.69. The molecule has 0 radical (unpaired) electrons. The number of carbonyl (C=O) groups is 2. The number of unbranched alkanes of at least 4 members (excludes halogenated alkanes) is 1. The van der Waals surface area contributed by atoms with E-state index in [-0.39, 0.29) is 11.8 Å². The van der Waals surface area contributed by atoms with E-state index in [1.54, 1.807) is 30.9 Å². The summed E-state index contributed by atoms with van der Waals surface area (Å²) in [7, 11) is 0. The van der Waals surface area contributed by atoms with E-state index in [0.29, 0.717) is 18.0 Å². The van der Waals surface area contributed by atoms with Gasteiger partial charge in [-0.25, -0.2) is 0 Å². The maximum Gasteiger partial charge on any atom is 0.261 e. The van der Waals surface area contributed by atoms with E-state index in [9.17, 15) is 9.59 Å². The third-order valence-electron chi connectivity index (χ3n) is 5.68. The highest BCUT2D eigenvalue weighted by atomic mass is 32.1. The van der Waals surface area contributed by atoms with E-state index in [4.69, 9.17) is 0 Å². The molecule has 0 spiro atoms. The van der Waals surface area contributed by atoms with Crippen molar-refractivity contribution in [3.8, 4) is 0 Å². The minimum atomic E-state index is -0.00146. The second-order valence-corrected chi connectivity index (χ2v) is 8.84. The number of hydrogen-bond donors (Lipinski definition) is 1. The standard InChI is InChI=1S/C23H26N4O2S/c28-22(20-14-18-6-11-25-16-21(18)30-20)26-10-2-1-4-17-7-12-27(13-8-17)23(29)19-5-3-9-24-15-19/h3,5-6,9,11,14-17H,1-2,4,7-8,10,12-13H2,(H,26,28). The Morgan fingerprint density at radius 3 is 2.70 bits per heavy atom. The Morgan fingerprint density at radius 1 is 1.10 bits per heavy atom. The zero-order chi connectivity index (χ0) is 20.8. The summed E-state index contributed by atoms with van der Waals surface area (Å²) in [6, 6.07) is 7.48. The lowest BCUT2D eigenvalue weighted by Crippen LogP contribution is -2.38. The minimum Gasteiger partial charge on any atom is -0.351 e. The third-order valence-corrected chi connectivity index (χ3v) is 6.77. The van der Waals surface area contributed by atoms with Crippen LogP contribution in [0.3, 0.4) is 0 Å². The van der Waals surface area contributed by atoms with E-state index in [0.717, 1.165) is 60.2 Å². The minimum absolute atomic E-state index is 0.00146. The first-order valence-corrected chi connectivity index (χ1v) is 11.3. The molecular formula is C23H26N4O2S. The molecule has 0 aliphatic carbocycles. The monoisotopic (exact) mass is 422 g/mol. The van der Waals surface area contributed by atoms with Crippen LogP contribution in [0.25, 0.3) is 10.1 Å². The fraction of sp³-hybridized carbons (Fsp3) is 0.391. The first-order valence-electron chi connectivity index (χ1n) is 10.5. The number of carbonyl (C=O) groups excluding carboxylic acids is 2. The lowest BCUT2D eigenvalue weighted by Gasteiger charge is -2.32. The Bertz CT molecular complexity index is 964.